The van der Waals surface area contributed by atoms with Crippen LogP contribution >= 0.6 is 0 Å². The second kappa shape index (κ2) is 9.71. The fourth-order valence-corrected chi connectivity index (χ4v) is 5.89. The van der Waals surface area contributed by atoms with Crippen LogP contribution in [0.5, 0.6) is 0 Å². The molecule has 0 radical (unpaired) electrons. The lowest BCUT2D eigenvalue weighted by Gasteiger charge is -2.39. The van der Waals surface area contributed by atoms with E-state index in [1.165, 1.54) is 17.5 Å². The number of nitrogens with zero attached hydrogens (tertiary/aromatic N) is 3. The number of rotatable bonds is 8. The van der Waals surface area contributed by atoms with E-state index in [4.69, 9.17) is 9.41 Å². The summed E-state index contributed by atoms with van der Waals surface area (Å²) >= 11 is 0. The molecule has 0 saturated heterocycles. The van der Waals surface area contributed by atoms with Gasteiger partial charge >= 0.3 is 0 Å². The lowest BCUT2D eigenvalue weighted by Crippen LogP contribution is -2.45. The zero-order valence-corrected chi connectivity index (χ0v) is 26.6. The molecular formula is C28H42N6O3SSi. The summed E-state index contributed by atoms with van der Waals surface area (Å²) < 4.78 is 30.0. The first-order valence-electron chi connectivity index (χ1n) is 13.2. The van der Waals surface area contributed by atoms with Gasteiger partial charge in [-0.2, -0.15) is 5.10 Å². The molecule has 0 amide bonds. The molecule has 0 bridgehead atoms. The molecule has 1 aliphatic rings. The molecule has 1 aromatic carbocycles. The van der Waals surface area contributed by atoms with E-state index in [1.807, 2.05) is 6.07 Å². The Balaban J connectivity index is 1.60. The lowest BCUT2D eigenvalue weighted by molar-refractivity contribution is 0.220. The molecule has 3 aromatic rings. The Hall–Kier alpha value is -2.76. The smallest absolute Gasteiger partial charge is 0.228 e. The number of hydrogen-bond acceptors (Lipinski definition) is 8. The van der Waals surface area contributed by atoms with Crippen molar-refractivity contribution in [2.24, 2.45) is 0 Å². The van der Waals surface area contributed by atoms with Crippen LogP contribution in [-0.4, -0.2) is 56.3 Å². The molecule has 1 aliphatic heterocycles. The quantitative estimate of drug-likeness (QED) is 0.286. The van der Waals surface area contributed by atoms with Crippen LogP contribution in [0.25, 0.3) is 11.3 Å². The van der Waals surface area contributed by atoms with Crippen LogP contribution in [0.2, 0.25) is 18.1 Å². The molecule has 9 nitrogen and oxygen atoms in total. The average Bonchev–Trinajstić information content (AvgIpc) is 3.42. The molecular weight excluding hydrogens is 529 g/mol. The van der Waals surface area contributed by atoms with Crippen molar-refractivity contribution >= 4 is 35.6 Å². The summed E-state index contributed by atoms with van der Waals surface area (Å²) in [6.07, 6.45) is 2.92. The van der Waals surface area contributed by atoms with Crippen molar-refractivity contribution in [3.8, 4) is 11.3 Å². The minimum Gasteiger partial charge on any atom is -0.416 e. The van der Waals surface area contributed by atoms with Gasteiger partial charge in [-0.05, 0) is 68.2 Å². The standard InChI is InChI=1S/C28H42N6O3SSi/c1-18-13-19(14-20-24(18)30-16-28(20,7)17-37-39(9,10)26(2,3)4)21-11-12-29-25(31-21)32-23-15-22(33-34-23)27(5,6)38(8,35)36/h11-15,30H,16-17H2,1-10H3,(H2,29,31,32,33,34)/t28-/m1/s1. The molecule has 0 aliphatic carbocycles. The zero-order chi connectivity index (χ0) is 29.0. The number of H-pyrrole nitrogens is 1. The number of aromatic amines is 1. The summed E-state index contributed by atoms with van der Waals surface area (Å²) in [5.74, 6) is 0.906. The number of benzene rings is 1. The number of anilines is 3. The third-order valence-electron chi connectivity index (χ3n) is 8.52. The van der Waals surface area contributed by atoms with Gasteiger partial charge in [0.15, 0.2) is 18.2 Å². The largest absolute Gasteiger partial charge is 0.416 e. The predicted molar refractivity (Wildman–Crippen MR) is 161 cm³/mol. The monoisotopic (exact) mass is 570 g/mol. The van der Waals surface area contributed by atoms with Gasteiger partial charge in [0, 0.05) is 48.3 Å². The molecule has 0 saturated carbocycles. The first-order valence-corrected chi connectivity index (χ1v) is 18.0. The predicted octanol–water partition coefficient (Wildman–Crippen LogP) is 5.90. The highest BCUT2D eigenvalue weighted by Crippen LogP contribution is 2.44. The molecule has 3 N–H and O–H groups in total. The van der Waals surface area contributed by atoms with Gasteiger partial charge in [-0.15, -0.1) is 0 Å². The number of sulfone groups is 1. The van der Waals surface area contributed by atoms with Crippen molar-refractivity contribution in [3.63, 3.8) is 0 Å². The number of fused-ring (bicyclic) bond motifs is 1. The van der Waals surface area contributed by atoms with E-state index in [9.17, 15) is 8.42 Å². The summed E-state index contributed by atoms with van der Waals surface area (Å²) in [7, 11) is -5.25. The third-order valence-corrected chi connectivity index (χ3v) is 15.1. The fraction of sp³-hybridized carbons (Fsp3) is 0.536. The van der Waals surface area contributed by atoms with Gasteiger partial charge in [0.2, 0.25) is 5.95 Å². The Labute approximate surface area is 233 Å². The van der Waals surface area contributed by atoms with E-state index in [2.05, 4.69) is 85.7 Å². The van der Waals surface area contributed by atoms with Gasteiger partial charge in [0.1, 0.15) is 10.6 Å². The van der Waals surface area contributed by atoms with Crippen LogP contribution in [0.3, 0.4) is 0 Å². The highest BCUT2D eigenvalue weighted by atomic mass is 32.2. The van der Waals surface area contributed by atoms with Crippen LogP contribution in [0, 0.1) is 6.92 Å². The number of aryl methyl sites for hydroxylation is 1. The third kappa shape index (κ3) is 5.62. The molecule has 0 unspecified atom stereocenters. The minimum absolute atomic E-state index is 0.149. The second-order valence-electron chi connectivity index (χ2n) is 13.0. The maximum atomic E-state index is 12.2. The summed E-state index contributed by atoms with van der Waals surface area (Å²) in [6.45, 7) is 20.5. The highest BCUT2D eigenvalue weighted by Gasteiger charge is 2.42. The Morgan fingerprint density at radius 3 is 2.49 bits per heavy atom. The van der Waals surface area contributed by atoms with E-state index in [1.54, 1.807) is 26.1 Å². The SMILES string of the molecule is Cc1cc(-c2ccnc(Nc3cc(C(C)(C)S(C)(=O)=O)n[nH]3)n2)cc2c1NC[C@]2(C)CO[Si](C)(C)C(C)(C)C. The molecule has 11 heteroatoms. The zero-order valence-electron chi connectivity index (χ0n) is 24.8. The van der Waals surface area contributed by atoms with Crippen molar-refractivity contribution in [1.29, 1.82) is 0 Å². The van der Waals surface area contributed by atoms with Crippen LogP contribution in [-0.2, 0) is 24.4 Å². The van der Waals surface area contributed by atoms with Crippen LogP contribution in [0.1, 0.15) is 58.4 Å². The van der Waals surface area contributed by atoms with E-state index in [0.717, 1.165) is 23.4 Å². The van der Waals surface area contributed by atoms with E-state index in [-0.39, 0.29) is 10.5 Å². The number of hydrogen-bond donors (Lipinski definition) is 3. The number of aromatic nitrogens is 4. The van der Waals surface area contributed by atoms with Gasteiger partial charge in [0.25, 0.3) is 0 Å². The Bertz CT molecular complexity index is 1490. The second-order valence-corrected chi connectivity index (χ2v) is 20.4. The van der Waals surface area contributed by atoms with Crippen molar-refractivity contribution in [3.05, 3.63) is 47.3 Å². The molecule has 0 spiro atoms. The molecule has 0 fully saturated rings. The van der Waals surface area contributed by atoms with Crippen LogP contribution < -0.4 is 10.6 Å². The van der Waals surface area contributed by atoms with Gasteiger partial charge < -0.3 is 15.1 Å². The van der Waals surface area contributed by atoms with Crippen LogP contribution in [0.4, 0.5) is 17.5 Å². The topological polar surface area (TPSA) is 122 Å². The van der Waals surface area contributed by atoms with Gasteiger partial charge in [-0.1, -0.05) is 27.7 Å². The molecule has 3 heterocycles. The molecule has 2 aromatic heterocycles. The lowest BCUT2D eigenvalue weighted by atomic mass is 9.83. The first-order chi connectivity index (χ1) is 17.8. The van der Waals surface area contributed by atoms with Crippen molar-refractivity contribution < 1.29 is 12.8 Å². The van der Waals surface area contributed by atoms with E-state index in [0.29, 0.717) is 24.1 Å². The molecule has 4 rings (SSSR count). The maximum absolute atomic E-state index is 12.2. The van der Waals surface area contributed by atoms with Gasteiger partial charge in [-0.25, -0.2) is 18.4 Å². The summed E-state index contributed by atoms with van der Waals surface area (Å²) in [5, 5.41) is 14.0. The van der Waals surface area contributed by atoms with E-state index >= 15 is 0 Å². The van der Waals surface area contributed by atoms with Gasteiger partial charge in [0.05, 0.1) is 11.4 Å². The van der Waals surface area contributed by atoms with Crippen molar-refractivity contribution in [2.75, 3.05) is 30.0 Å². The summed E-state index contributed by atoms with van der Waals surface area (Å²) in [6, 6.07) is 7.92. The Kier molecular flexibility index (Phi) is 7.27. The highest BCUT2D eigenvalue weighted by molar-refractivity contribution is 7.91. The summed E-state index contributed by atoms with van der Waals surface area (Å²) in [4.78, 5) is 9.12. The maximum Gasteiger partial charge on any atom is 0.228 e. The Morgan fingerprint density at radius 2 is 1.85 bits per heavy atom. The van der Waals surface area contributed by atoms with E-state index < -0.39 is 22.9 Å². The van der Waals surface area contributed by atoms with Crippen molar-refractivity contribution in [2.45, 2.75) is 76.8 Å². The van der Waals surface area contributed by atoms with Crippen LogP contribution in [0.15, 0.2) is 30.5 Å². The normalized spacial score (nSPS) is 18.1. The minimum atomic E-state index is -3.35. The molecule has 1 atom stereocenters. The first kappa shape index (κ1) is 29.2. The fourth-order valence-electron chi connectivity index (χ4n) is 4.29. The average molecular weight is 571 g/mol. The summed E-state index contributed by atoms with van der Waals surface area (Å²) in [5.41, 5.74) is 5.63. The van der Waals surface area contributed by atoms with Gasteiger partial charge in [-0.3, -0.25) is 5.10 Å². The Morgan fingerprint density at radius 1 is 1.15 bits per heavy atom. The molecule has 39 heavy (non-hydrogen) atoms. The number of nitrogens with one attached hydrogen (secondary N) is 3. The van der Waals surface area contributed by atoms with Crippen molar-refractivity contribution in [1.82, 2.24) is 20.2 Å². The molecule has 212 valence electrons.